The van der Waals surface area contributed by atoms with Crippen molar-refractivity contribution in [3.63, 3.8) is 0 Å². The molecule has 0 aromatic rings. The lowest BCUT2D eigenvalue weighted by atomic mass is 10.6. The van der Waals surface area contributed by atoms with Crippen molar-refractivity contribution in [3.05, 3.63) is 0 Å². The van der Waals surface area contributed by atoms with Crippen LogP contribution in [0.3, 0.4) is 0 Å². The van der Waals surface area contributed by atoms with Gasteiger partial charge in [-0.05, 0) is 13.1 Å². The zero-order chi connectivity index (χ0) is 8.20. The Morgan fingerprint density at radius 2 is 1.70 bits per heavy atom. The van der Waals surface area contributed by atoms with Crippen LogP contribution < -0.4 is 0 Å². The largest absolute Gasteiger partial charge is 0.339 e. The van der Waals surface area contributed by atoms with Crippen LogP contribution >= 0.6 is 7.60 Å². The van der Waals surface area contributed by atoms with Gasteiger partial charge >= 0.3 is 7.60 Å². The summed E-state index contributed by atoms with van der Waals surface area (Å²) in [6.07, 6.45) is -0.125. The summed E-state index contributed by atoms with van der Waals surface area (Å²) in [5.74, 6) is 0. The molecule has 0 radical (unpaired) electrons. The fourth-order valence-electron chi connectivity index (χ4n) is 0.684. The van der Waals surface area contributed by atoms with Crippen LogP contribution in [0.15, 0.2) is 0 Å². The molecule has 0 fully saturated rings. The Balaban J connectivity index is 3.75. The van der Waals surface area contributed by atoms with E-state index in [1.165, 1.54) is 0 Å². The zero-order valence-corrected chi connectivity index (χ0v) is 7.21. The molecule has 0 spiro atoms. The Labute approximate surface area is 61.0 Å². The Morgan fingerprint density at radius 3 is 1.80 bits per heavy atom. The second-order valence-corrected chi connectivity index (χ2v) is 3.72. The average Bonchev–Trinajstić information content (AvgIpc) is 1.81. The third-order valence-electron chi connectivity index (χ3n) is 1.28. The molecular weight excluding hydrogens is 153 g/mol. The van der Waals surface area contributed by atoms with E-state index >= 15 is 0 Å². The summed E-state index contributed by atoms with van der Waals surface area (Å²) in [5.41, 5.74) is 0. The standard InChI is InChI=1S/C5H14NO3P/c1-3-6(4-2)5-10(7,8)9/h3-5H2,1-2H3,(H2,7,8,9). The van der Waals surface area contributed by atoms with E-state index in [2.05, 4.69) is 0 Å². The summed E-state index contributed by atoms with van der Waals surface area (Å²) >= 11 is 0. The number of hydrogen-bond acceptors (Lipinski definition) is 2. The van der Waals surface area contributed by atoms with E-state index in [1.54, 1.807) is 4.90 Å². The first kappa shape index (κ1) is 10.1. The molecule has 0 saturated heterocycles. The summed E-state index contributed by atoms with van der Waals surface area (Å²) in [6.45, 7) is 5.11. The molecule has 0 unspecified atom stereocenters. The summed E-state index contributed by atoms with van der Waals surface area (Å²) in [6, 6.07) is 0. The van der Waals surface area contributed by atoms with E-state index in [-0.39, 0.29) is 6.29 Å². The van der Waals surface area contributed by atoms with E-state index in [4.69, 9.17) is 9.79 Å². The number of nitrogens with zero attached hydrogens (tertiary/aromatic N) is 1. The van der Waals surface area contributed by atoms with Crippen molar-refractivity contribution in [2.45, 2.75) is 13.8 Å². The topological polar surface area (TPSA) is 60.8 Å². The lowest BCUT2D eigenvalue weighted by Gasteiger charge is -2.17. The van der Waals surface area contributed by atoms with Gasteiger partial charge in [-0.15, -0.1) is 0 Å². The molecule has 0 aliphatic heterocycles. The zero-order valence-electron chi connectivity index (χ0n) is 6.32. The molecule has 0 aromatic heterocycles. The van der Waals surface area contributed by atoms with Crippen molar-refractivity contribution in [1.29, 1.82) is 0 Å². The molecule has 0 bridgehead atoms. The van der Waals surface area contributed by atoms with E-state index in [9.17, 15) is 4.57 Å². The minimum atomic E-state index is -3.83. The second-order valence-electron chi connectivity index (χ2n) is 2.11. The fourth-order valence-corrected chi connectivity index (χ4v) is 1.61. The van der Waals surface area contributed by atoms with E-state index in [0.29, 0.717) is 13.1 Å². The molecule has 0 aliphatic rings. The Hall–Kier alpha value is 0.110. The second kappa shape index (κ2) is 4.09. The van der Waals surface area contributed by atoms with Gasteiger partial charge in [0.2, 0.25) is 0 Å². The van der Waals surface area contributed by atoms with Crippen molar-refractivity contribution in [1.82, 2.24) is 4.90 Å². The van der Waals surface area contributed by atoms with Gasteiger partial charge < -0.3 is 9.79 Å². The maximum Gasteiger partial charge on any atom is 0.339 e. The lowest BCUT2D eigenvalue weighted by Crippen LogP contribution is -2.23. The maximum atomic E-state index is 10.4. The van der Waals surface area contributed by atoms with Gasteiger partial charge in [-0.3, -0.25) is 9.46 Å². The summed E-state index contributed by atoms with van der Waals surface area (Å²) in [5, 5.41) is 0. The highest BCUT2D eigenvalue weighted by Crippen LogP contribution is 2.34. The number of hydrogen-bond donors (Lipinski definition) is 2. The highest BCUT2D eigenvalue weighted by Gasteiger charge is 2.15. The van der Waals surface area contributed by atoms with Gasteiger partial charge in [-0.25, -0.2) is 0 Å². The minimum absolute atomic E-state index is 0.125. The number of rotatable bonds is 4. The Kier molecular flexibility index (Phi) is 4.13. The highest BCUT2D eigenvalue weighted by molar-refractivity contribution is 7.51. The van der Waals surface area contributed by atoms with Gasteiger partial charge in [0.05, 0.1) is 0 Å². The Bertz CT molecular complexity index is 129. The van der Waals surface area contributed by atoms with Gasteiger partial charge in [-0.2, -0.15) is 0 Å². The molecule has 0 amide bonds. The summed E-state index contributed by atoms with van der Waals surface area (Å²) < 4.78 is 10.4. The predicted molar refractivity (Wildman–Crippen MR) is 39.8 cm³/mol. The first-order valence-corrected chi connectivity index (χ1v) is 5.06. The van der Waals surface area contributed by atoms with Crippen LogP contribution in [0, 0.1) is 0 Å². The van der Waals surface area contributed by atoms with Gasteiger partial charge in [0.25, 0.3) is 0 Å². The van der Waals surface area contributed by atoms with E-state index < -0.39 is 7.60 Å². The van der Waals surface area contributed by atoms with Crippen LogP contribution in [0.5, 0.6) is 0 Å². The third-order valence-corrected chi connectivity index (χ3v) is 2.05. The fraction of sp³-hybridized carbons (Fsp3) is 1.00. The average molecular weight is 167 g/mol. The van der Waals surface area contributed by atoms with Crippen LogP contribution in [0.1, 0.15) is 13.8 Å². The molecule has 0 aromatic carbocycles. The molecule has 10 heavy (non-hydrogen) atoms. The molecule has 0 aliphatic carbocycles. The molecule has 0 saturated carbocycles. The molecule has 2 N–H and O–H groups in total. The van der Waals surface area contributed by atoms with Crippen molar-refractivity contribution in [3.8, 4) is 0 Å². The molecule has 0 atom stereocenters. The monoisotopic (exact) mass is 167 g/mol. The van der Waals surface area contributed by atoms with Crippen molar-refractivity contribution in [2.75, 3.05) is 19.4 Å². The van der Waals surface area contributed by atoms with Crippen LogP contribution in [-0.4, -0.2) is 34.1 Å². The van der Waals surface area contributed by atoms with Gasteiger partial charge in [-0.1, -0.05) is 13.8 Å². The first-order chi connectivity index (χ1) is 4.49. The quantitative estimate of drug-likeness (QED) is 0.597. The molecule has 4 nitrogen and oxygen atoms in total. The first-order valence-electron chi connectivity index (χ1n) is 3.26. The normalized spacial score (nSPS) is 12.5. The van der Waals surface area contributed by atoms with Crippen LogP contribution in [0.2, 0.25) is 0 Å². The molecule has 62 valence electrons. The molecule has 0 heterocycles. The molecule has 5 heteroatoms. The summed E-state index contributed by atoms with van der Waals surface area (Å²) in [4.78, 5) is 18.7. The SMILES string of the molecule is CCN(CC)CP(=O)(O)O. The maximum absolute atomic E-state index is 10.4. The van der Waals surface area contributed by atoms with Crippen molar-refractivity contribution >= 4 is 7.60 Å². The minimum Gasteiger partial charge on any atom is -0.324 e. The van der Waals surface area contributed by atoms with Crippen LogP contribution in [0.4, 0.5) is 0 Å². The van der Waals surface area contributed by atoms with E-state index in [1.807, 2.05) is 13.8 Å². The highest BCUT2D eigenvalue weighted by atomic mass is 31.2. The lowest BCUT2D eigenvalue weighted by molar-refractivity contribution is 0.296. The predicted octanol–water partition coefficient (Wildman–Crippen LogP) is 0.463. The molecular formula is C5H14NO3P. The van der Waals surface area contributed by atoms with E-state index in [0.717, 1.165) is 0 Å². The van der Waals surface area contributed by atoms with Crippen molar-refractivity contribution < 1.29 is 14.4 Å². The third kappa shape index (κ3) is 4.94. The molecule has 0 rings (SSSR count). The summed E-state index contributed by atoms with van der Waals surface area (Å²) in [7, 11) is -3.83. The van der Waals surface area contributed by atoms with Gasteiger partial charge in [0.15, 0.2) is 0 Å². The smallest absolute Gasteiger partial charge is 0.324 e. The Morgan fingerprint density at radius 1 is 1.30 bits per heavy atom. The van der Waals surface area contributed by atoms with Gasteiger partial charge in [0.1, 0.15) is 6.29 Å². The van der Waals surface area contributed by atoms with Crippen LogP contribution in [0.25, 0.3) is 0 Å². The van der Waals surface area contributed by atoms with Crippen LogP contribution in [-0.2, 0) is 4.57 Å². The van der Waals surface area contributed by atoms with Gasteiger partial charge in [0, 0.05) is 0 Å². The van der Waals surface area contributed by atoms with Crippen molar-refractivity contribution in [2.24, 2.45) is 0 Å².